The molecule has 1 saturated carbocycles. The van der Waals surface area contributed by atoms with Crippen LogP contribution in [0.3, 0.4) is 0 Å². The molecule has 1 aliphatic rings. The van der Waals surface area contributed by atoms with E-state index in [0.717, 1.165) is 5.56 Å². The van der Waals surface area contributed by atoms with Gasteiger partial charge in [-0.2, -0.15) is 0 Å². The molecule has 1 aromatic rings. The summed E-state index contributed by atoms with van der Waals surface area (Å²) < 4.78 is 5.35. The van der Waals surface area contributed by atoms with Crippen molar-refractivity contribution in [2.45, 2.75) is 25.4 Å². The summed E-state index contributed by atoms with van der Waals surface area (Å²) in [5.74, 6) is -0.479. The number of aromatic nitrogens is 1. The van der Waals surface area contributed by atoms with Gasteiger partial charge in [0.25, 0.3) is 0 Å². The molecule has 1 heterocycles. The molecule has 5 heteroatoms. The van der Waals surface area contributed by atoms with Gasteiger partial charge in [-0.05, 0) is 53.4 Å². The van der Waals surface area contributed by atoms with Gasteiger partial charge in [0.05, 0.1) is 18.7 Å². The number of ether oxygens (including phenoxy) is 1. The van der Waals surface area contributed by atoms with E-state index >= 15 is 0 Å². The zero-order valence-electron chi connectivity index (χ0n) is 9.74. The second-order valence-electron chi connectivity index (χ2n) is 4.51. The van der Waals surface area contributed by atoms with E-state index in [1.165, 1.54) is 7.11 Å². The molecule has 0 amide bonds. The SMILES string of the molecule is COC(=O)C1CC(O)(c2cc(C)cc(Br)n2)C1. The number of aryl methyl sites for hydroxylation is 1. The third-order valence-electron chi connectivity index (χ3n) is 3.12. The molecular weight excluding hydrogens is 286 g/mol. The van der Waals surface area contributed by atoms with Crippen molar-refractivity contribution >= 4 is 21.9 Å². The van der Waals surface area contributed by atoms with E-state index in [9.17, 15) is 9.90 Å². The highest BCUT2D eigenvalue weighted by molar-refractivity contribution is 9.10. The van der Waals surface area contributed by atoms with Crippen LogP contribution in [-0.4, -0.2) is 23.2 Å². The average Bonchev–Trinajstić information content (AvgIpc) is 2.22. The standard InChI is InChI=1S/C12H14BrNO3/c1-7-3-9(14-10(13)4-7)12(16)5-8(6-12)11(15)17-2/h3-4,8,16H,5-6H2,1-2H3. The number of aliphatic hydroxyl groups is 1. The highest BCUT2D eigenvalue weighted by Gasteiger charge is 2.49. The highest BCUT2D eigenvalue weighted by atomic mass is 79.9. The van der Waals surface area contributed by atoms with Gasteiger partial charge < -0.3 is 9.84 Å². The van der Waals surface area contributed by atoms with Crippen LogP contribution in [0.5, 0.6) is 0 Å². The van der Waals surface area contributed by atoms with Crippen molar-refractivity contribution in [3.8, 4) is 0 Å². The van der Waals surface area contributed by atoms with E-state index in [2.05, 4.69) is 25.7 Å². The molecule has 1 N–H and O–H groups in total. The molecule has 17 heavy (non-hydrogen) atoms. The highest BCUT2D eigenvalue weighted by Crippen LogP contribution is 2.45. The molecule has 92 valence electrons. The van der Waals surface area contributed by atoms with Gasteiger partial charge in [0, 0.05) is 0 Å². The van der Waals surface area contributed by atoms with Gasteiger partial charge in [-0.1, -0.05) is 0 Å². The van der Waals surface area contributed by atoms with E-state index in [1.54, 1.807) is 0 Å². The molecule has 0 radical (unpaired) electrons. The number of esters is 1. The summed E-state index contributed by atoms with van der Waals surface area (Å²) in [5.41, 5.74) is 0.647. The Morgan fingerprint density at radius 2 is 2.24 bits per heavy atom. The van der Waals surface area contributed by atoms with E-state index in [-0.39, 0.29) is 11.9 Å². The Morgan fingerprint density at radius 1 is 1.59 bits per heavy atom. The fourth-order valence-corrected chi connectivity index (χ4v) is 2.71. The van der Waals surface area contributed by atoms with Crippen molar-refractivity contribution in [1.29, 1.82) is 0 Å². The number of carbonyl (C=O) groups excluding carboxylic acids is 1. The van der Waals surface area contributed by atoms with Gasteiger partial charge in [0.15, 0.2) is 0 Å². The van der Waals surface area contributed by atoms with Gasteiger partial charge in [0.1, 0.15) is 10.2 Å². The molecule has 0 atom stereocenters. The summed E-state index contributed by atoms with van der Waals surface area (Å²) in [4.78, 5) is 15.5. The first-order valence-electron chi connectivity index (χ1n) is 5.39. The minimum Gasteiger partial charge on any atom is -0.469 e. The molecule has 0 spiro atoms. The molecule has 1 aromatic heterocycles. The summed E-state index contributed by atoms with van der Waals surface area (Å²) in [7, 11) is 1.36. The number of hydrogen-bond acceptors (Lipinski definition) is 4. The number of carbonyl (C=O) groups is 1. The van der Waals surface area contributed by atoms with Crippen LogP contribution in [0.1, 0.15) is 24.1 Å². The average molecular weight is 300 g/mol. The molecule has 2 rings (SSSR count). The minimum absolute atomic E-state index is 0.217. The molecule has 1 fully saturated rings. The minimum atomic E-state index is -0.993. The quantitative estimate of drug-likeness (QED) is 0.669. The predicted molar refractivity (Wildman–Crippen MR) is 65.3 cm³/mol. The van der Waals surface area contributed by atoms with Crippen LogP contribution in [-0.2, 0) is 15.1 Å². The fraction of sp³-hybridized carbons (Fsp3) is 0.500. The number of hydrogen-bond donors (Lipinski definition) is 1. The van der Waals surface area contributed by atoms with E-state index < -0.39 is 5.60 Å². The normalized spacial score (nSPS) is 27.4. The van der Waals surface area contributed by atoms with Crippen molar-refractivity contribution in [2.24, 2.45) is 5.92 Å². The first-order valence-corrected chi connectivity index (χ1v) is 6.19. The molecule has 0 aliphatic heterocycles. The number of methoxy groups -OCH3 is 1. The molecular formula is C12H14BrNO3. The van der Waals surface area contributed by atoms with Crippen LogP contribution in [0.4, 0.5) is 0 Å². The molecule has 0 unspecified atom stereocenters. The smallest absolute Gasteiger partial charge is 0.308 e. The third-order valence-corrected chi connectivity index (χ3v) is 3.52. The lowest BCUT2D eigenvalue weighted by Crippen LogP contribution is -2.45. The summed E-state index contributed by atoms with van der Waals surface area (Å²) in [6.07, 6.45) is 0.755. The van der Waals surface area contributed by atoms with Crippen molar-refractivity contribution in [3.05, 3.63) is 28.0 Å². The summed E-state index contributed by atoms with van der Waals surface area (Å²) in [6.45, 7) is 1.94. The van der Waals surface area contributed by atoms with Crippen LogP contribution >= 0.6 is 15.9 Å². The third kappa shape index (κ3) is 2.35. The van der Waals surface area contributed by atoms with Gasteiger partial charge in [0.2, 0.25) is 0 Å². The Kier molecular flexibility index (Phi) is 3.23. The van der Waals surface area contributed by atoms with Gasteiger partial charge >= 0.3 is 5.97 Å². The molecule has 0 aromatic carbocycles. The maximum atomic E-state index is 11.3. The molecule has 4 nitrogen and oxygen atoms in total. The Balaban J connectivity index is 2.16. The van der Waals surface area contributed by atoms with Crippen LogP contribution in [0.25, 0.3) is 0 Å². The van der Waals surface area contributed by atoms with Crippen molar-refractivity contribution < 1.29 is 14.6 Å². The van der Waals surface area contributed by atoms with Gasteiger partial charge in [-0.3, -0.25) is 4.79 Å². The first-order chi connectivity index (χ1) is 7.94. The maximum absolute atomic E-state index is 11.3. The van der Waals surface area contributed by atoms with E-state index in [1.807, 2.05) is 19.1 Å². The largest absolute Gasteiger partial charge is 0.469 e. The zero-order chi connectivity index (χ0) is 12.6. The lowest BCUT2D eigenvalue weighted by atomic mass is 9.69. The molecule has 0 saturated heterocycles. The van der Waals surface area contributed by atoms with E-state index in [0.29, 0.717) is 23.1 Å². The zero-order valence-corrected chi connectivity index (χ0v) is 11.3. The second-order valence-corrected chi connectivity index (χ2v) is 5.32. The fourth-order valence-electron chi connectivity index (χ4n) is 2.16. The number of rotatable bonds is 2. The van der Waals surface area contributed by atoms with E-state index in [4.69, 9.17) is 0 Å². The van der Waals surface area contributed by atoms with Gasteiger partial charge in [-0.25, -0.2) is 4.98 Å². The Labute approximate surface area is 108 Å². The Morgan fingerprint density at radius 3 is 2.76 bits per heavy atom. The molecule has 1 aliphatic carbocycles. The monoisotopic (exact) mass is 299 g/mol. The van der Waals surface area contributed by atoms with Crippen molar-refractivity contribution in [3.63, 3.8) is 0 Å². The van der Waals surface area contributed by atoms with Crippen LogP contribution in [0, 0.1) is 12.8 Å². The summed E-state index contributed by atoms with van der Waals surface area (Å²) in [6, 6.07) is 3.72. The number of pyridine rings is 1. The van der Waals surface area contributed by atoms with Crippen molar-refractivity contribution in [2.75, 3.05) is 7.11 Å². The summed E-state index contributed by atoms with van der Waals surface area (Å²) >= 11 is 3.30. The number of nitrogens with zero attached hydrogens (tertiary/aromatic N) is 1. The Hall–Kier alpha value is -0.940. The molecule has 0 bridgehead atoms. The van der Waals surface area contributed by atoms with Crippen molar-refractivity contribution in [1.82, 2.24) is 4.98 Å². The van der Waals surface area contributed by atoms with Gasteiger partial charge in [-0.15, -0.1) is 0 Å². The Bertz CT molecular complexity index is 435. The predicted octanol–water partition coefficient (Wildman–Crippen LogP) is 1.92. The van der Waals surface area contributed by atoms with Crippen LogP contribution in [0.2, 0.25) is 0 Å². The summed E-state index contributed by atoms with van der Waals surface area (Å²) in [5, 5.41) is 10.4. The lowest BCUT2D eigenvalue weighted by Gasteiger charge is -2.41. The number of halogens is 1. The maximum Gasteiger partial charge on any atom is 0.308 e. The van der Waals surface area contributed by atoms with Crippen LogP contribution < -0.4 is 0 Å². The first kappa shape index (κ1) is 12.5. The topological polar surface area (TPSA) is 59.4 Å². The lowest BCUT2D eigenvalue weighted by molar-refractivity contribution is -0.163. The van der Waals surface area contributed by atoms with Crippen LogP contribution in [0.15, 0.2) is 16.7 Å². The second kappa shape index (κ2) is 4.38.